The lowest BCUT2D eigenvalue weighted by atomic mass is 10.1. The van der Waals surface area contributed by atoms with E-state index in [2.05, 4.69) is 18.5 Å². The van der Waals surface area contributed by atoms with Crippen LogP contribution >= 0.6 is 11.8 Å². The van der Waals surface area contributed by atoms with E-state index in [1.54, 1.807) is 11.8 Å². The van der Waals surface area contributed by atoms with Crippen LogP contribution in [0.25, 0.3) is 0 Å². The van der Waals surface area contributed by atoms with Gasteiger partial charge >= 0.3 is 0 Å². The van der Waals surface area contributed by atoms with Crippen molar-refractivity contribution in [1.29, 1.82) is 0 Å². The van der Waals surface area contributed by atoms with Gasteiger partial charge in [0.1, 0.15) is 0 Å². The molecule has 112 valence electrons. The van der Waals surface area contributed by atoms with E-state index in [4.69, 9.17) is 0 Å². The highest BCUT2D eigenvalue weighted by Crippen LogP contribution is 2.21. The third-order valence-corrected chi connectivity index (χ3v) is 4.19. The molecule has 0 spiro atoms. The van der Waals surface area contributed by atoms with Crippen molar-refractivity contribution in [2.24, 2.45) is 0 Å². The SMILES string of the molecule is CCNc1ccc(C)cc1C(=O)N(C)C(CC)CSC. The van der Waals surface area contributed by atoms with Crippen LogP contribution in [0, 0.1) is 6.92 Å². The molecule has 0 bridgehead atoms. The van der Waals surface area contributed by atoms with Gasteiger partial charge in [0.2, 0.25) is 0 Å². The second-order valence-corrected chi connectivity index (χ2v) is 5.92. The molecule has 1 amide bonds. The van der Waals surface area contributed by atoms with Crippen molar-refractivity contribution in [3.8, 4) is 0 Å². The van der Waals surface area contributed by atoms with Crippen LogP contribution in [0.2, 0.25) is 0 Å². The fourth-order valence-electron chi connectivity index (χ4n) is 2.23. The maximum atomic E-state index is 12.7. The van der Waals surface area contributed by atoms with Crippen LogP contribution in [0.5, 0.6) is 0 Å². The quantitative estimate of drug-likeness (QED) is 0.833. The third kappa shape index (κ3) is 4.17. The van der Waals surface area contributed by atoms with E-state index in [-0.39, 0.29) is 11.9 Å². The Morgan fingerprint density at radius 3 is 2.65 bits per heavy atom. The van der Waals surface area contributed by atoms with Gasteiger partial charge in [-0.15, -0.1) is 0 Å². The van der Waals surface area contributed by atoms with Crippen molar-refractivity contribution in [3.63, 3.8) is 0 Å². The Balaban J connectivity index is 3.03. The number of benzene rings is 1. The third-order valence-electron chi connectivity index (χ3n) is 3.47. The number of thioether (sulfide) groups is 1. The predicted molar refractivity (Wildman–Crippen MR) is 89.9 cm³/mol. The zero-order valence-corrected chi connectivity index (χ0v) is 14.0. The normalized spacial score (nSPS) is 12.1. The minimum atomic E-state index is 0.102. The fraction of sp³-hybridized carbons (Fsp3) is 0.562. The second-order valence-electron chi connectivity index (χ2n) is 5.01. The maximum Gasteiger partial charge on any atom is 0.255 e. The average molecular weight is 294 g/mol. The lowest BCUT2D eigenvalue weighted by molar-refractivity contribution is 0.0744. The van der Waals surface area contributed by atoms with Crippen LogP contribution in [0.4, 0.5) is 5.69 Å². The highest BCUT2D eigenvalue weighted by Gasteiger charge is 2.21. The van der Waals surface area contributed by atoms with E-state index < -0.39 is 0 Å². The Morgan fingerprint density at radius 2 is 2.10 bits per heavy atom. The van der Waals surface area contributed by atoms with Crippen LogP contribution < -0.4 is 5.32 Å². The molecule has 0 aliphatic carbocycles. The van der Waals surface area contributed by atoms with Gasteiger partial charge in [-0.25, -0.2) is 0 Å². The van der Waals surface area contributed by atoms with Crippen LogP contribution in [0.15, 0.2) is 18.2 Å². The number of nitrogens with zero attached hydrogens (tertiary/aromatic N) is 1. The monoisotopic (exact) mass is 294 g/mol. The first-order chi connectivity index (χ1) is 9.54. The standard InChI is InChI=1S/C16H26N2OS/c1-6-13(11-20-5)18(4)16(19)14-10-12(3)8-9-15(14)17-7-2/h8-10,13,17H,6-7,11H2,1-5H3. The molecule has 0 fully saturated rings. The van der Waals surface area contributed by atoms with Gasteiger partial charge in [-0.2, -0.15) is 11.8 Å². The number of anilines is 1. The summed E-state index contributed by atoms with van der Waals surface area (Å²) in [6.45, 7) is 7.01. The Bertz CT molecular complexity index is 448. The number of carbonyl (C=O) groups is 1. The Kier molecular flexibility index (Phi) is 6.93. The first kappa shape index (κ1) is 16.9. The van der Waals surface area contributed by atoms with Crippen molar-refractivity contribution in [2.45, 2.75) is 33.2 Å². The molecule has 3 nitrogen and oxygen atoms in total. The topological polar surface area (TPSA) is 32.3 Å². The lowest BCUT2D eigenvalue weighted by Gasteiger charge is -2.27. The maximum absolute atomic E-state index is 12.7. The van der Waals surface area contributed by atoms with Crippen molar-refractivity contribution in [2.75, 3.05) is 30.9 Å². The van der Waals surface area contributed by atoms with Gasteiger partial charge in [-0.1, -0.05) is 18.6 Å². The summed E-state index contributed by atoms with van der Waals surface area (Å²) in [6.07, 6.45) is 3.06. The van der Waals surface area contributed by atoms with Gasteiger partial charge < -0.3 is 10.2 Å². The van der Waals surface area contributed by atoms with Gasteiger partial charge in [0.05, 0.1) is 5.56 Å². The van der Waals surface area contributed by atoms with Crippen LogP contribution in [0.3, 0.4) is 0 Å². The summed E-state index contributed by atoms with van der Waals surface area (Å²) in [7, 11) is 1.91. The molecular formula is C16H26N2OS. The number of carbonyl (C=O) groups excluding carboxylic acids is 1. The summed E-state index contributed by atoms with van der Waals surface area (Å²) >= 11 is 1.78. The molecule has 0 aliphatic heterocycles. The Hall–Kier alpha value is -1.16. The number of hydrogen-bond acceptors (Lipinski definition) is 3. The van der Waals surface area contributed by atoms with Crippen LogP contribution in [-0.4, -0.2) is 42.4 Å². The first-order valence-corrected chi connectivity index (χ1v) is 8.55. The summed E-state index contributed by atoms with van der Waals surface area (Å²) < 4.78 is 0. The second kappa shape index (κ2) is 8.20. The zero-order valence-electron chi connectivity index (χ0n) is 13.2. The molecule has 1 unspecified atom stereocenters. The minimum absolute atomic E-state index is 0.102. The number of rotatable bonds is 7. The highest BCUT2D eigenvalue weighted by molar-refractivity contribution is 7.98. The van der Waals surface area contributed by atoms with E-state index >= 15 is 0 Å². The van der Waals surface area contributed by atoms with Crippen LogP contribution in [0.1, 0.15) is 36.2 Å². The molecule has 1 atom stereocenters. The average Bonchev–Trinajstić information content (AvgIpc) is 2.45. The van der Waals surface area contributed by atoms with E-state index in [9.17, 15) is 4.79 Å². The van der Waals surface area contributed by atoms with Crippen molar-refractivity contribution < 1.29 is 4.79 Å². The summed E-state index contributed by atoms with van der Waals surface area (Å²) in [4.78, 5) is 14.6. The number of aryl methyl sites for hydroxylation is 1. The highest BCUT2D eigenvalue weighted by atomic mass is 32.2. The van der Waals surface area contributed by atoms with Crippen molar-refractivity contribution in [1.82, 2.24) is 4.90 Å². The molecular weight excluding hydrogens is 268 g/mol. The van der Waals surface area contributed by atoms with E-state index in [1.807, 2.05) is 44.0 Å². The molecule has 0 radical (unpaired) electrons. The molecule has 0 saturated carbocycles. The van der Waals surface area contributed by atoms with Crippen molar-refractivity contribution >= 4 is 23.4 Å². The Morgan fingerprint density at radius 1 is 1.40 bits per heavy atom. The van der Waals surface area contributed by atoms with Gasteiger partial charge in [0.15, 0.2) is 0 Å². The van der Waals surface area contributed by atoms with Gasteiger partial charge in [-0.05, 0) is 38.7 Å². The molecule has 1 N–H and O–H groups in total. The van der Waals surface area contributed by atoms with E-state index in [0.717, 1.165) is 35.5 Å². The zero-order chi connectivity index (χ0) is 15.1. The molecule has 0 aliphatic rings. The molecule has 1 aromatic rings. The molecule has 1 rings (SSSR count). The van der Waals surface area contributed by atoms with Gasteiger partial charge in [-0.3, -0.25) is 4.79 Å². The van der Waals surface area contributed by atoms with Crippen LogP contribution in [-0.2, 0) is 0 Å². The summed E-state index contributed by atoms with van der Waals surface area (Å²) in [6, 6.07) is 6.29. The molecule has 0 aromatic heterocycles. The summed E-state index contributed by atoms with van der Waals surface area (Å²) in [5.41, 5.74) is 2.81. The largest absolute Gasteiger partial charge is 0.385 e. The minimum Gasteiger partial charge on any atom is -0.385 e. The van der Waals surface area contributed by atoms with E-state index in [1.165, 1.54) is 0 Å². The molecule has 1 aromatic carbocycles. The summed E-state index contributed by atoms with van der Waals surface area (Å²) in [5.74, 6) is 1.08. The first-order valence-electron chi connectivity index (χ1n) is 7.15. The van der Waals surface area contributed by atoms with E-state index in [0.29, 0.717) is 0 Å². The molecule has 0 saturated heterocycles. The molecule has 4 heteroatoms. The van der Waals surface area contributed by atoms with Gasteiger partial charge in [0, 0.05) is 31.1 Å². The Labute approximate surface area is 127 Å². The predicted octanol–water partition coefficient (Wildman–Crippen LogP) is 3.64. The smallest absolute Gasteiger partial charge is 0.255 e. The molecule has 20 heavy (non-hydrogen) atoms. The number of amides is 1. The van der Waals surface area contributed by atoms with Gasteiger partial charge in [0.25, 0.3) is 5.91 Å². The number of nitrogens with one attached hydrogen (secondary N) is 1. The molecule has 0 heterocycles. The lowest BCUT2D eigenvalue weighted by Crippen LogP contribution is -2.38. The van der Waals surface area contributed by atoms with Crippen molar-refractivity contribution in [3.05, 3.63) is 29.3 Å². The number of hydrogen-bond donors (Lipinski definition) is 1. The fourth-order valence-corrected chi connectivity index (χ4v) is 3.08. The summed E-state index contributed by atoms with van der Waals surface area (Å²) in [5, 5.41) is 3.28.